The van der Waals surface area contributed by atoms with Crippen molar-refractivity contribution in [3.63, 3.8) is 0 Å². The van der Waals surface area contributed by atoms with Gasteiger partial charge in [0, 0.05) is 12.2 Å². The minimum Gasteiger partial charge on any atom is -0.496 e. The number of guanidine groups is 1. The molecule has 0 aromatic heterocycles. The summed E-state index contributed by atoms with van der Waals surface area (Å²) in [5.74, 6) is 1.81. The number of benzene rings is 2. The van der Waals surface area contributed by atoms with Crippen LogP contribution in [0.4, 0.5) is 5.69 Å². The van der Waals surface area contributed by atoms with Gasteiger partial charge in [-0.15, -0.1) is 0 Å². The predicted molar refractivity (Wildman–Crippen MR) is 97.3 cm³/mol. The normalized spacial score (nSPS) is 11.6. The first kappa shape index (κ1) is 16.9. The summed E-state index contributed by atoms with van der Waals surface area (Å²) in [4.78, 5) is 4.39. The fraction of sp³-hybridized carbons (Fsp3) is 0.316. The van der Waals surface area contributed by atoms with Crippen molar-refractivity contribution < 1.29 is 4.74 Å². The van der Waals surface area contributed by atoms with E-state index >= 15 is 0 Å². The molecule has 0 aliphatic rings. The molecule has 0 aliphatic heterocycles. The molecule has 0 bridgehead atoms. The number of ether oxygens (including phenoxy) is 1. The molecule has 23 heavy (non-hydrogen) atoms. The molecule has 2 rings (SSSR count). The molecule has 0 aliphatic carbocycles. The monoisotopic (exact) mass is 311 g/mol. The molecule has 0 fully saturated rings. The molecule has 2 aromatic carbocycles. The molecule has 0 spiro atoms. The third-order valence-corrected chi connectivity index (χ3v) is 3.68. The highest BCUT2D eigenvalue weighted by Crippen LogP contribution is 2.19. The van der Waals surface area contributed by atoms with Gasteiger partial charge in [0.1, 0.15) is 5.75 Å². The van der Waals surface area contributed by atoms with E-state index in [4.69, 9.17) is 10.5 Å². The molecule has 0 radical (unpaired) electrons. The lowest BCUT2D eigenvalue weighted by atomic mass is 10.0. The number of nitrogens with zero attached hydrogens (tertiary/aromatic N) is 1. The lowest BCUT2D eigenvalue weighted by molar-refractivity contribution is 0.410. The SMILES string of the molecule is COc1ccccc1CCN=C(N)Nc1cccc(C(C)C)c1. The molecule has 4 heteroatoms. The van der Waals surface area contributed by atoms with E-state index in [0.717, 1.165) is 23.4 Å². The number of aliphatic imine (C=N–C) groups is 1. The molecule has 0 saturated heterocycles. The van der Waals surface area contributed by atoms with Gasteiger partial charge in [-0.25, -0.2) is 0 Å². The van der Waals surface area contributed by atoms with E-state index in [2.05, 4.69) is 36.3 Å². The predicted octanol–water partition coefficient (Wildman–Crippen LogP) is 3.79. The van der Waals surface area contributed by atoms with Crippen LogP contribution in [0.1, 0.15) is 30.9 Å². The molecule has 3 N–H and O–H groups in total. The molecular weight excluding hydrogens is 286 g/mol. The standard InChI is InChI=1S/C19H25N3O/c1-14(2)16-8-6-9-17(13-16)22-19(20)21-12-11-15-7-4-5-10-18(15)23-3/h4-10,13-14H,11-12H2,1-3H3,(H3,20,21,22). The Morgan fingerprint density at radius 2 is 1.96 bits per heavy atom. The Kier molecular flexibility index (Phi) is 6.03. The maximum absolute atomic E-state index is 5.97. The summed E-state index contributed by atoms with van der Waals surface area (Å²) in [7, 11) is 1.68. The number of hydrogen-bond acceptors (Lipinski definition) is 2. The van der Waals surface area contributed by atoms with Crippen LogP contribution in [0.15, 0.2) is 53.5 Å². The van der Waals surface area contributed by atoms with Crippen LogP contribution in [0.25, 0.3) is 0 Å². The van der Waals surface area contributed by atoms with Crippen molar-refractivity contribution in [1.29, 1.82) is 0 Å². The second kappa shape index (κ2) is 8.22. The summed E-state index contributed by atoms with van der Waals surface area (Å²) < 4.78 is 5.34. The average molecular weight is 311 g/mol. The zero-order valence-corrected chi connectivity index (χ0v) is 14.0. The molecule has 0 amide bonds. The number of hydrogen-bond donors (Lipinski definition) is 2. The van der Waals surface area contributed by atoms with E-state index in [1.165, 1.54) is 5.56 Å². The van der Waals surface area contributed by atoms with Crippen LogP contribution in [-0.2, 0) is 6.42 Å². The van der Waals surface area contributed by atoms with E-state index < -0.39 is 0 Å². The van der Waals surface area contributed by atoms with Gasteiger partial charge >= 0.3 is 0 Å². The minimum atomic E-state index is 0.431. The average Bonchev–Trinajstić information content (AvgIpc) is 2.55. The third kappa shape index (κ3) is 5.02. The van der Waals surface area contributed by atoms with Crippen molar-refractivity contribution in [3.05, 3.63) is 59.7 Å². The largest absolute Gasteiger partial charge is 0.496 e. The van der Waals surface area contributed by atoms with Crippen molar-refractivity contribution in [2.24, 2.45) is 10.7 Å². The third-order valence-electron chi connectivity index (χ3n) is 3.68. The second-order valence-corrected chi connectivity index (χ2v) is 5.73. The molecule has 122 valence electrons. The lowest BCUT2D eigenvalue weighted by Gasteiger charge is -2.10. The van der Waals surface area contributed by atoms with Gasteiger partial charge in [0.05, 0.1) is 7.11 Å². The van der Waals surface area contributed by atoms with Crippen LogP contribution in [-0.4, -0.2) is 19.6 Å². The number of para-hydroxylation sites is 1. The van der Waals surface area contributed by atoms with E-state index in [1.54, 1.807) is 7.11 Å². The number of nitrogens with two attached hydrogens (primary N) is 1. The summed E-state index contributed by atoms with van der Waals surface area (Å²) in [6, 6.07) is 16.2. The smallest absolute Gasteiger partial charge is 0.193 e. The van der Waals surface area contributed by atoms with Crippen LogP contribution >= 0.6 is 0 Å². The summed E-state index contributed by atoms with van der Waals surface area (Å²) in [5, 5.41) is 3.15. The molecule has 2 aromatic rings. The fourth-order valence-electron chi connectivity index (χ4n) is 2.37. The lowest BCUT2D eigenvalue weighted by Crippen LogP contribution is -2.23. The topological polar surface area (TPSA) is 59.6 Å². The molecular formula is C19H25N3O. The zero-order chi connectivity index (χ0) is 16.7. The first-order valence-corrected chi connectivity index (χ1v) is 7.89. The molecule has 0 unspecified atom stereocenters. The van der Waals surface area contributed by atoms with E-state index in [-0.39, 0.29) is 0 Å². The first-order valence-electron chi connectivity index (χ1n) is 7.89. The van der Waals surface area contributed by atoms with Gasteiger partial charge in [0.25, 0.3) is 0 Å². The van der Waals surface area contributed by atoms with E-state index in [0.29, 0.717) is 18.4 Å². The Morgan fingerprint density at radius 3 is 2.70 bits per heavy atom. The Bertz CT molecular complexity index is 665. The second-order valence-electron chi connectivity index (χ2n) is 5.73. The summed E-state index contributed by atoms with van der Waals surface area (Å²) in [5.41, 5.74) is 9.35. The van der Waals surface area contributed by atoms with E-state index in [9.17, 15) is 0 Å². The number of rotatable bonds is 6. The van der Waals surface area contributed by atoms with Crippen LogP contribution in [0.2, 0.25) is 0 Å². The molecule has 0 atom stereocenters. The Balaban J connectivity index is 1.94. The van der Waals surface area contributed by atoms with Crippen LogP contribution in [0, 0.1) is 0 Å². The molecule has 0 heterocycles. The number of nitrogens with one attached hydrogen (secondary N) is 1. The Hall–Kier alpha value is -2.49. The maximum Gasteiger partial charge on any atom is 0.193 e. The van der Waals surface area contributed by atoms with Crippen LogP contribution < -0.4 is 15.8 Å². The van der Waals surface area contributed by atoms with Gasteiger partial charge in [0.15, 0.2) is 5.96 Å². The Morgan fingerprint density at radius 1 is 1.17 bits per heavy atom. The van der Waals surface area contributed by atoms with Crippen molar-refractivity contribution in [2.45, 2.75) is 26.2 Å². The van der Waals surface area contributed by atoms with Crippen molar-refractivity contribution >= 4 is 11.6 Å². The number of anilines is 1. The van der Waals surface area contributed by atoms with Crippen molar-refractivity contribution in [3.8, 4) is 5.75 Å². The highest BCUT2D eigenvalue weighted by atomic mass is 16.5. The van der Waals surface area contributed by atoms with Crippen LogP contribution in [0.5, 0.6) is 5.75 Å². The van der Waals surface area contributed by atoms with Gasteiger partial charge < -0.3 is 15.8 Å². The summed E-state index contributed by atoms with van der Waals surface area (Å²) in [6.07, 6.45) is 0.790. The highest BCUT2D eigenvalue weighted by molar-refractivity contribution is 5.92. The zero-order valence-electron chi connectivity index (χ0n) is 14.0. The molecule has 0 saturated carbocycles. The van der Waals surface area contributed by atoms with Gasteiger partial charge in [-0.3, -0.25) is 4.99 Å². The highest BCUT2D eigenvalue weighted by Gasteiger charge is 2.02. The quantitative estimate of drug-likeness (QED) is 0.630. The maximum atomic E-state index is 5.97. The minimum absolute atomic E-state index is 0.431. The van der Waals surface area contributed by atoms with Gasteiger partial charge in [-0.05, 0) is 41.7 Å². The van der Waals surface area contributed by atoms with Gasteiger partial charge in [-0.1, -0.05) is 44.2 Å². The first-order chi connectivity index (χ1) is 11.1. The van der Waals surface area contributed by atoms with Crippen molar-refractivity contribution in [2.75, 3.05) is 19.0 Å². The van der Waals surface area contributed by atoms with Gasteiger partial charge in [0.2, 0.25) is 0 Å². The molecule has 4 nitrogen and oxygen atoms in total. The van der Waals surface area contributed by atoms with E-state index in [1.807, 2.05) is 36.4 Å². The van der Waals surface area contributed by atoms with Gasteiger partial charge in [-0.2, -0.15) is 0 Å². The summed E-state index contributed by atoms with van der Waals surface area (Å²) in [6.45, 7) is 4.96. The summed E-state index contributed by atoms with van der Waals surface area (Å²) >= 11 is 0. The fourth-order valence-corrected chi connectivity index (χ4v) is 2.37. The van der Waals surface area contributed by atoms with Crippen LogP contribution in [0.3, 0.4) is 0 Å². The number of methoxy groups -OCH3 is 1. The Labute approximate surface area is 138 Å². The van der Waals surface area contributed by atoms with Crippen molar-refractivity contribution in [1.82, 2.24) is 0 Å².